The zero-order valence-electron chi connectivity index (χ0n) is 19.1. The van der Waals surface area contributed by atoms with Gasteiger partial charge in [0.1, 0.15) is 17.7 Å². The van der Waals surface area contributed by atoms with Crippen LogP contribution >= 0.6 is 0 Å². The second-order valence-electron chi connectivity index (χ2n) is 8.93. The number of benzene rings is 2. The van der Waals surface area contributed by atoms with Crippen LogP contribution in [-0.2, 0) is 17.6 Å². The Kier molecular flexibility index (Phi) is 6.33. The molecule has 2 aromatic carbocycles. The van der Waals surface area contributed by atoms with Gasteiger partial charge in [0.15, 0.2) is 0 Å². The first-order valence-corrected chi connectivity index (χ1v) is 11.9. The molecule has 1 fully saturated rings. The minimum absolute atomic E-state index is 0.112. The summed E-state index contributed by atoms with van der Waals surface area (Å²) in [5.74, 6) is 0.243. The van der Waals surface area contributed by atoms with E-state index in [-0.39, 0.29) is 18.3 Å². The Bertz CT molecular complexity index is 1200. The predicted octanol–water partition coefficient (Wildman–Crippen LogP) is 4.13. The van der Waals surface area contributed by atoms with Crippen LogP contribution in [-0.4, -0.2) is 48.1 Å². The number of hydrogen-bond donors (Lipinski definition) is 1. The van der Waals surface area contributed by atoms with Crippen LogP contribution in [0.4, 0.5) is 15.9 Å². The summed E-state index contributed by atoms with van der Waals surface area (Å²) in [6.45, 7) is 3.30. The summed E-state index contributed by atoms with van der Waals surface area (Å²) in [4.78, 5) is 17.4. The van der Waals surface area contributed by atoms with Gasteiger partial charge in [-0.3, -0.25) is 14.3 Å². The molecule has 1 amide bonds. The summed E-state index contributed by atoms with van der Waals surface area (Å²) in [5, 5.41) is 13.1. The van der Waals surface area contributed by atoms with Gasteiger partial charge in [-0.05, 0) is 67.6 Å². The van der Waals surface area contributed by atoms with E-state index in [2.05, 4.69) is 25.8 Å². The number of carbonyl (C=O) groups excluding carboxylic acids is 1. The largest absolute Gasteiger partial charge is 0.369 e. The molecule has 174 valence electrons. The average molecular weight is 458 g/mol. The van der Waals surface area contributed by atoms with E-state index in [1.165, 1.54) is 12.1 Å². The van der Waals surface area contributed by atoms with E-state index >= 15 is 0 Å². The van der Waals surface area contributed by atoms with Crippen LogP contribution in [0, 0.1) is 17.1 Å². The average Bonchev–Trinajstić information content (AvgIpc) is 3.18. The molecule has 2 heterocycles. The summed E-state index contributed by atoms with van der Waals surface area (Å²) < 4.78 is 15.3. The molecule has 7 heteroatoms. The van der Waals surface area contributed by atoms with Gasteiger partial charge in [0.2, 0.25) is 5.91 Å². The van der Waals surface area contributed by atoms with Crippen LogP contribution in [0.2, 0.25) is 0 Å². The van der Waals surface area contributed by atoms with Gasteiger partial charge in [-0.2, -0.15) is 5.26 Å². The Morgan fingerprint density at radius 3 is 2.35 bits per heavy atom. The fraction of sp³-hybridized carbons (Fsp3) is 0.333. The standard InChI is InChI=1S/C27H28FN5O/c28-20-10-12-21(13-11-20)32-16-14-31(15-17-32)19-26(34)30-27-24(18-29)23-8-4-5-9-25(23)33(27)22-6-2-1-3-7-22/h1-3,6-7,10-13H,4-5,8-9,14-17,19H2,(H,30,34). The smallest absolute Gasteiger partial charge is 0.239 e. The number of nitrogens with one attached hydrogen (secondary N) is 1. The Balaban J connectivity index is 1.31. The molecule has 1 aromatic heterocycles. The topological polar surface area (TPSA) is 64.3 Å². The molecule has 6 nitrogen and oxygen atoms in total. The van der Waals surface area contributed by atoms with Crippen molar-refractivity contribution in [3.05, 3.63) is 77.2 Å². The van der Waals surface area contributed by atoms with Crippen molar-refractivity contribution in [3.8, 4) is 11.8 Å². The Morgan fingerprint density at radius 1 is 0.941 bits per heavy atom. The third-order valence-electron chi connectivity index (χ3n) is 6.79. The highest BCUT2D eigenvalue weighted by Gasteiger charge is 2.27. The SMILES string of the molecule is N#Cc1c2c(n(-c3ccccc3)c1NC(=O)CN1CCN(c3ccc(F)cc3)CC1)CCCC2. The number of rotatable bonds is 5. The molecular formula is C27H28FN5O. The number of nitriles is 1. The lowest BCUT2D eigenvalue weighted by molar-refractivity contribution is -0.117. The highest BCUT2D eigenvalue weighted by molar-refractivity contribution is 5.93. The van der Waals surface area contributed by atoms with Crippen LogP contribution in [0.15, 0.2) is 54.6 Å². The van der Waals surface area contributed by atoms with Crippen molar-refractivity contribution in [2.75, 3.05) is 42.9 Å². The number of hydrogen-bond acceptors (Lipinski definition) is 4. The maximum Gasteiger partial charge on any atom is 0.239 e. The van der Waals surface area contributed by atoms with Gasteiger partial charge < -0.3 is 10.2 Å². The first-order chi connectivity index (χ1) is 16.6. The van der Waals surface area contributed by atoms with Crippen molar-refractivity contribution in [3.63, 3.8) is 0 Å². The molecule has 1 saturated heterocycles. The quantitative estimate of drug-likeness (QED) is 0.626. The second kappa shape index (κ2) is 9.70. The number of halogens is 1. The molecule has 5 rings (SSSR count). The monoisotopic (exact) mass is 457 g/mol. The molecule has 34 heavy (non-hydrogen) atoms. The highest BCUT2D eigenvalue weighted by Crippen LogP contribution is 2.35. The van der Waals surface area contributed by atoms with Gasteiger partial charge in [0, 0.05) is 43.2 Å². The van der Waals surface area contributed by atoms with Gasteiger partial charge in [0.25, 0.3) is 0 Å². The maximum atomic E-state index is 13.2. The number of carbonyl (C=O) groups is 1. The van der Waals surface area contributed by atoms with Crippen LogP contribution in [0.5, 0.6) is 0 Å². The van der Waals surface area contributed by atoms with Crippen LogP contribution in [0.3, 0.4) is 0 Å². The zero-order chi connectivity index (χ0) is 23.5. The van der Waals surface area contributed by atoms with Gasteiger partial charge in [-0.25, -0.2) is 4.39 Å². The summed E-state index contributed by atoms with van der Waals surface area (Å²) in [5.41, 5.74) is 4.76. The molecule has 0 saturated carbocycles. The van der Waals surface area contributed by atoms with Crippen molar-refractivity contribution in [2.24, 2.45) is 0 Å². The molecule has 0 atom stereocenters. The van der Waals surface area contributed by atoms with Crippen LogP contribution in [0.25, 0.3) is 5.69 Å². The number of nitrogens with zero attached hydrogens (tertiary/aromatic N) is 4. The predicted molar refractivity (Wildman–Crippen MR) is 131 cm³/mol. The first kappa shape index (κ1) is 22.2. The van der Waals surface area contributed by atoms with E-state index in [0.717, 1.165) is 74.5 Å². The molecule has 0 radical (unpaired) electrons. The van der Waals surface area contributed by atoms with E-state index < -0.39 is 0 Å². The minimum Gasteiger partial charge on any atom is -0.369 e. The lowest BCUT2D eigenvalue weighted by atomic mass is 9.95. The number of anilines is 2. The third kappa shape index (κ3) is 4.42. The van der Waals surface area contributed by atoms with Gasteiger partial charge in [0.05, 0.1) is 12.1 Å². The summed E-state index contributed by atoms with van der Waals surface area (Å²) in [6, 6.07) is 18.8. The normalized spacial score (nSPS) is 16.1. The molecular weight excluding hydrogens is 429 g/mol. The Morgan fingerprint density at radius 2 is 1.65 bits per heavy atom. The van der Waals surface area contributed by atoms with Crippen LogP contribution < -0.4 is 10.2 Å². The second-order valence-corrected chi connectivity index (χ2v) is 8.93. The van der Waals surface area contributed by atoms with Crippen LogP contribution in [0.1, 0.15) is 29.7 Å². The number of fused-ring (bicyclic) bond motifs is 1. The van der Waals surface area contributed by atoms with E-state index in [0.29, 0.717) is 11.4 Å². The van der Waals surface area contributed by atoms with Crippen molar-refractivity contribution in [1.82, 2.24) is 9.47 Å². The third-order valence-corrected chi connectivity index (χ3v) is 6.79. The van der Waals surface area contributed by atoms with Gasteiger partial charge >= 0.3 is 0 Å². The maximum absolute atomic E-state index is 13.2. The molecule has 1 aliphatic heterocycles. The Labute approximate surface area is 199 Å². The van der Waals surface area contributed by atoms with Crippen molar-refractivity contribution in [2.45, 2.75) is 25.7 Å². The van der Waals surface area contributed by atoms with Gasteiger partial charge in [-0.15, -0.1) is 0 Å². The van der Waals surface area contributed by atoms with E-state index in [4.69, 9.17) is 0 Å². The minimum atomic E-state index is -0.238. The molecule has 3 aromatic rings. The highest BCUT2D eigenvalue weighted by atomic mass is 19.1. The fourth-order valence-corrected chi connectivity index (χ4v) is 5.09. The number of amides is 1. The summed E-state index contributed by atoms with van der Waals surface area (Å²) >= 11 is 0. The number of aromatic nitrogens is 1. The molecule has 0 bridgehead atoms. The number of piperazine rings is 1. The fourth-order valence-electron chi connectivity index (χ4n) is 5.09. The molecule has 1 N–H and O–H groups in total. The zero-order valence-corrected chi connectivity index (χ0v) is 19.1. The molecule has 0 spiro atoms. The molecule has 1 aliphatic carbocycles. The van der Waals surface area contributed by atoms with Gasteiger partial charge in [-0.1, -0.05) is 18.2 Å². The van der Waals surface area contributed by atoms with E-state index in [9.17, 15) is 14.4 Å². The van der Waals surface area contributed by atoms with E-state index in [1.54, 1.807) is 12.1 Å². The summed E-state index contributed by atoms with van der Waals surface area (Å²) in [6.07, 6.45) is 3.92. The summed E-state index contributed by atoms with van der Waals surface area (Å²) in [7, 11) is 0. The first-order valence-electron chi connectivity index (χ1n) is 11.9. The van der Waals surface area contributed by atoms with Crippen molar-refractivity contribution in [1.29, 1.82) is 5.26 Å². The molecule has 0 unspecified atom stereocenters. The van der Waals surface area contributed by atoms with Crippen molar-refractivity contribution >= 4 is 17.4 Å². The van der Waals surface area contributed by atoms with Crippen molar-refractivity contribution < 1.29 is 9.18 Å². The number of para-hydroxylation sites is 1. The lowest BCUT2D eigenvalue weighted by Crippen LogP contribution is -2.48. The Hall–Kier alpha value is -3.63. The lowest BCUT2D eigenvalue weighted by Gasteiger charge is -2.35. The molecule has 2 aliphatic rings. The van der Waals surface area contributed by atoms with E-state index in [1.807, 2.05) is 30.3 Å².